The maximum Gasteiger partial charge on any atom is 0.420 e. The fourth-order valence-corrected chi connectivity index (χ4v) is 1.13. The maximum atomic E-state index is 12.5. The third-order valence-corrected chi connectivity index (χ3v) is 1.79. The van der Waals surface area contributed by atoms with Crippen molar-refractivity contribution >= 4 is 0 Å². The largest absolute Gasteiger partial charge is 0.504 e. The molecule has 6 heteroatoms. The lowest BCUT2D eigenvalue weighted by Gasteiger charge is -2.14. The Morgan fingerprint density at radius 2 is 1.73 bits per heavy atom. The van der Waals surface area contributed by atoms with Gasteiger partial charge in [-0.05, 0) is 6.07 Å². The summed E-state index contributed by atoms with van der Waals surface area (Å²) < 4.78 is 46.5. The minimum absolute atomic E-state index is 0.0828. The highest BCUT2D eigenvalue weighted by molar-refractivity contribution is 5.52. The van der Waals surface area contributed by atoms with Gasteiger partial charge in [-0.2, -0.15) is 13.2 Å². The molecule has 0 atom stereocenters. The number of ether oxygens (including phenoxy) is 2. The average Bonchev–Trinajstić information content (AvgIpc) is 2.15. The van der Waals surface area contributed by atoms with Crippen molar-refractivity contribution in [3.63, 3.8) is 0 Å². The Labute approximate surface area is 84.0 Å². The smallest absolute Gasteiger partial charge is 0.420 e. The Balaban J connectivity index is 3.39. The van der Waals surface area contributed by atoms with Crippen LogP contribution in [0.3, 0.4) is 0 Å². The number of phenolic OH excluding ortho intramolecular Hbond substituents is 1. The summed E-state index contributed by atoms with van der Waals surface area (Å²) in [5.41, 5.74) is -1.07. The number of methoxy groups -OCH3 is 2. The van der Waals surface area contributed by atoms with Crippen LogP contribution in [0, 0.1) is 0 Å². The fourth-order valence-electron chi connectivity index (χ4n) is 1.13. The molecule has 0 amide bonds. The highest BCUT2D eigenvalue weighted by Crippen LogP contribution is 2.43. The first-order chi connectivity index (χ1) is 6.90. The van der Waals surface area contributed by atoms with E-state index in [4.69, 9.17) is 0 Å². The topological polar surface area (TPSA) is 38.7 Å². The quantitative estimate of drug-likeness (QED) is 0.835. The van der Waals surface area contributed by atoms with Gasteiger partial charge in [0.15, 0.2) is 11.5 Å². The Kier molecular flexibility index (Phi) is 2.97. The minimum atomic E-state index is -4.60. The van der Waals surface area contributed by atoms with Gasteiger partial charge < -0.3 is 14.6 Å². The van der Waals surface area contributed by atoms with Gasteiger partial charge in [0.2, 0.25) is 0 Å². The zero-order valence-electron chi connectivity index (χ0n) is 8.05. The van der Waals surface area contributed by atoms with Crippen molar-refractivity contribution in [2.45, 2.75) is 6.18 Å². The summed E-state index contributed by atoms with van der Waals surface area (Å²) in [4.78, 5) is 0. The predicted octanol–water partition coefficient (Wildman–Crippen LogP) is 2.43. The van der Waals surface area contributed by atoms with Gasteiger partial charge in [0, 0.05) is 6.07 Å². The van der Waals surface area contributed by atoms with Gasteiger partial charge in [-0.25, -0.2) is 0 Å². The van der Waals surface area contributed by atoms with E-state index in [9.17, 15) is 18.3 Å². The standard InChI is InChI=1S/C9H9F3O3/c1-14-5-3-6(9(10,11)12)8(15-2)7(13)4-5/h3-4,13H,1-2H3. The van der Waals surface area contributed by atoms with Crippen LogP contribution >= 0.6 is 0 Å². The molecule has 1 rings (SSSR count). The number of phenols is 1. The summed E-state index contributed by atoms with van der Waals surface area (Å²) in [6.07, 6.45) is -4.60. The van der Waals surface area contributed by atoms with E-state index in [2.05, 4.69) is 9.47 Å². The van der Waals surface area contributed by atoms with E-state index in [0.29, 0.717) is 0 Å². The molecule has 0 heterocycles. The first kappa shape index (κ1) is 11.5. The molecule has 1 N–H and O–H groups in total. The second kappa shape index (κ2) is 3.88. The number of halogens is 3. The van der Waals surface area contributed by atoms with Crippen LogP contribution in [0.5, 0.6) is 17.2 Å². The molecule has 0 saturated carbocycles. The molecule has 0 saturated heterocycles. The normalized spacial score (nSPS) is 11.3. The number of alkyl halides is 3. The highest BCUT2D eigenvalue weighted by Gasteiger charge is 2.36. The number of benzene rings is 1. The molecule has 1 aromatic carbocycles. The third-order valence-electron chi connectivity index (χ3n) is 1.79. The van der Waals surface area contributed by atoms with Crippen LogP contribution in [0.2, 0.25) is 0 Å². The predicted molar refractivity (Wildman–Crippen MR) is 46.2 cm³/mol. The van der Waals surface area contributed by atoms with Crippen molar-refractivity contribution in [3.05, 3.63) is 17.7 Å². The molecule has 1 aromatic rings. The summed E-state index contributed by atoms with van der Waals surface area (Å²) >= 11 is 0. The van der Waals surface area contributed by atoms with E-state index in [1.54, 1.807) is 0 Å². The Morgan fingerprint density at radius 1 is 1.13 bits per heavy atom. The summed E-state index contributed by atoms with van der Waals surface area (Å²) in [5, 5.41) is 9.26. The van der Waals surface area contributed by atoms with Gasteiger partial charge in [-0.3, -0.25) is 0 Å². The average molecular weight is 222 g/mol. The van der Waals surface area contributed by atoms with E-state index >= 15 is 0 Å². The molecule has 0 aliphatic carbocycles. The molecule has 0 aliphatic rings. The molecule has 15 heavy (non-hydrogen) atoms. The van der Waals surface area contributed by atoms with E-state index in [1.165, 1.54) is 7.11 Å². The van der Waals surface area contributed by atoms with Gasteiger partial charge in [0.05, 0.1) is 14.2 Å². The summed E-state index contributed by atoms with van der Waals surface area (Å²) in [6, 6.07) is 1.81. The molecule has 84 valence electrons. The van der Waals surface area contributed by atoms with Crippen LogP contribution in [0.15, 0.2) is 12.1 Å². The number of rotatable bonds is 2. The summed E-state index contributed by atoms with van der Waals surface area (Å²) in [6.45, 7) is 0. The lowest BCUT2D eigenvalue weighted by molar-refractivity contribution is -0.139. The molecule has 0 bridgehead atoms. The Bertz CT molecular complexity index is 360. The van der Waals surface area contributed by atoms with Crippen LogP contribution in [0.1, 0.15) is 5.56 Å². The van der Waals surface area contributed by atoms with Crippen molar-refractivity contribution in [1.82, 2.24) is 0 Å². The number of hydrogen-bond donors (Lipinski definition) is 1. The molecule has 0 unspecified atom stereocenters. The minimum Gasteiger partial charge on any atom is -0.504 e. The Morgan fingerprint density at radius 3 is 2.13 bits per heavy atom. The Hall–Kier alpha value is -1.59. The molecule has 0 radical (unpaired) electrons. The SMILES string of the molecule is COc1cc(O)c(OC)c(C(F)(F)F)c1. The van der Waals surface area contributed by atoms with Gasteiger partial charge in [0.1, 0.15) is 11.3 Å². The second-order valence-electron chi connectivity index (χ2n) is 2.73. The van der Waals surface area contributed by atoms with Gasteiger partial charge >= 0.3 is 6.18 Å². The van der Waals surface area contributed by atoms with Crippen molar-refractivity contribution in [1.29, 1.82) is 0 Å². The summed E-state index contributed by atoms with van der Waals surface area (Å²) in [5.74, 6) is -1.30. The molecular formula is C9H9F3O3. The third kappa shape index (κ3) is 2.26. The first-order valence-corrected chi connectivity index (χ1v) is 3.92. The fraction of sp³-hybridized carbons (Fsp3) is 0.333. The lowest BCUT2D eigenvalue weighted by atomic mass is 10.1. The molecule has 0 fully saturated rings. The zero-order valence-corrected chi connectivity index (χ0v) is 8.05. The zero-order chi connectivity index (χ0) is 11.6. The second-order valence-corrected chi connectivity index (χ2v) is 2.73. The van der Waals surface area contributed by atoms with Crippen molar-refractivity contribution in [3.8, 4) is 17.2 Å². The monoisotopic (exact) mass is 222 g/mol. The van der Waals surface area contributed by atoms with Crippen molar-refractivity contribution in [2.75, 3.05) is 14.2 Å². The van der Waals surface area contributed by atoms with Crippen LogP contribution in [-0.4, -0.2) is 19.3 Å². The number of hydrogen-bond acceptors (Lipinski definition) is 3. The van der Waals surface area contributed by atoms with Gasteiger partial charge in [0.25, 0.3) is 0 Å². The first-order valence-electron chi connectivity index (χ1n) is 3.92. The van der Waals surface area contributed by atoms with Crippen LogP contribution < -0.4 is 9.47 Å². The van der Waals surface area contributed by atoms with E-state index < -0.39 is 23.2 Å². The maximum absolute atomic E-state index is 12.5. The highest BCUT2D eigenvalue weighted by atomic mass is 19.4. The van der Waals surface area contributed by atoms with E-state index in [-0.39, 0.29) is 5.75 Å². The molecule has 0 spiro atoms. The molecular weight excluding hydrogens is 213 g/mol. The van der Waals surface area contributed by atoms with Gasteiger partial charge in [-0.15, -0.1) is 0 Å². The molecule has 0 aromatic heterocycles. The van der Waals surface area contributed by atoms with Crippen molar-refractivity contribution in [2.24, 2.45) is 0 Å². The van der Waals surface area contributed by atoms with Crippen LogP contribution in [0.4, 0.5) is 13.2 Å². The number of aromatic hydroxyl groups is 1. The van der Waals surface area contributed by atoms with E-state index in [0.717, 1.165) is 19.2 Å². The van der Waals surface area contributed by atoms with Crippen molar-refractivity contribution < 1.29 is 27.8 Å². The van der Waals surface area contributed by atoms with Crippen LogP contribution in [0.25, 0.3) is 0 Å². The van der Waals surface area contributed by atoms with E-state index in [1.807, 2.05) is 0 Å². The lowest BCUT2D eigenvalue weighted by Crippen LogP contribution is -2.08. The summed E-state index contributed by atoms with van der Waals surface area (Å²) in [7, 11) is 2.26. The van der Waals surface area contributed by atoms with Crippen LogP contribution in [-0.2, 0) is 6.18 Å². The molecule has 0 aliphatic heterocycles. The molecule has 3 nitrogen and oxygen atoms in total. The van der Waals surface area contributed by atoms with Gasteiger partial charge in [-0.1, -0.05) is 0 Å².